The van der Waals surface area contributed by atoms with E-state index in [1.54, 1.807) is 0 Å². The van der Waals surface area contributed by atoms with Crippen LogP contribution < -0.4 is 4.72 Å². The molecule has 3 unspecified atom stereocenters. The van der Waals surface area contributed by atoms with Crippen molar-refractivity contribution in [1.82, 2.24) is 4.72 Å². The largest absolute Gasteiger partial charge is 0.242 e. The molecule has 1 aromatic carbocycles. The van der Waals surface area contributed by atoms with Crippen molar-refractivity contribution in [3.8, 4) is 0 Å². The summed E-state index contributed by atoms with van der Waals surface area (Å²) in [5.41, 5.74) is 3.01. The van der Waals surface area contributed by atoms with Crippen LogP contribution in [0.5, 0.6) is 0 Å². The van der Waals surface area contributed by atoms with Crippen LogP contribution in [-0.2, 0) is 23.8 Å². The van der Waals surface area contributed by atoms with Crippen molar-refractivity contribution in [3.05, 3.63) is 35.4 Å². The molecule has 4 atom stereocenters. The molecular weight excluding hydrogens is 266 g/mol. The maximum Gasteiger partial charge on any atom is 0.0972 e. The van der Waals surface area contributed by atoms with Crippen LogP contribution in [-0.4, -0.2) is 15.0 Å². The van der Waals surface area contributed by atoms with Crippen molar-refractivity contribution >= 4 is 11.0 Å². The highest BCUT2D eigenvalue weighted by Crippen LogP contribution is 2.40. The average molecular weight is 291 g/mol. The fourth-order valence-electron chi connectivity index (χ4n) is 3.64. The van der Waals surface area contributed by atoms with E-state index >= 15 is 0 Å². The monoisotopic (exact) mass is 291 g/mol. The van der Waals surface area contributed by atoms with Crippen molar-refractivity contribution in [2.45, 2.75) is 57.2 Å². The normalized spacial score (nSPS) is 30.6. The zero-order chi connectivity index (χ0) is 14.3. The molecule has 1 aromatic rings. The molecule has 0 amide bonds. The topological polar surface area (TPSA) is 29.1 Å². The van der Waals surface area contributed by atoms with Gasteiger partial charge in [0.15, 0.2) is 0 Å². The Labute approximate surface area is 124 Å². The molecule has 0 saturated heterocycles. The number of fused-ring (bicyclic) bond motifs is 3. The fraction of sp³-hybridized carbons (Fsp3) is 0.647. The molecule has 110 valence electrons. The quantitative estimate of drug-likeness (QED) is 0.890. The van der Waals surface area contributed by atoms with Crippen molar-refractivity contribution in [2.75, 3.05) is 0 Å². The Balaban J connectivity index is 1.81. The molecule has 3 rings (SSSR count). The molecule has 2 nitrogen and oxygen atoms in total. The smallest absolute Gasteiger partial charge is 0.0972 e. The Morgan fingerprint density at radius 3 is 2.00 bits per heavy atom. The molecule has 3 heteroatoms. The minimum absolute atomic E-state index is 0.182. The molecule has 2 bridgehead atoms. The van der Waals surface area contributed by atoms with Gasteiger partial charge in [0.25, 0.3) is 0 Å². The van der Waals surface area contributed by atoms with Crippen LogP contribution in [0.4, 0.5) is 0 Å². The molecule has 1 fully saturated rings. The zero-order valence-corrected chi connectivity index (χ0v) is 13.5. The first kappa shape index (κ1) is 14.3. The Morgan fingerprint density at radius 1 is 1.05 bits per heavy atom. The van der Waals surface area contributed by atoms with Gasteiger partial charge in [0.1, 0.15) is 0 Å². The minimum atomic E-state index is -0.959. The van der Waals surface area contributed by atoms with E-state index in [9.17, 15) is 4.21 Å². The van der Waals surface area contributed by atoms with Gasteiger partial charge in [-0.3, -0.25) is 0 Å². The van der Waals surface area contributed by atoms with Gasteiger partial charge in [-0.15, -0.1) is 0 Å². The molecular formula is C17H25NOS. The van der Waals surface area contributed by atoms with Gasteiger partial charge in [-0.25, -0.2) is 8.93 Å². The van der Waals surface area contributed by atoms with Gasteiger partial charge in [0.05, 0.1) is 15.7 Å². The van der Waals surface area contributed by atoms with Gasteiger partial charge in [0.2, 0.25) is 0 Å². The van der Waals surface area contributed by atoms with Crippen molar-refractivity contribution in [1.29, 1.82) is 0 Å². The summed E-state index contributed by atoms with van der Waals surface area (Å²) < 4.78 is 15.7. The standard InChI is InChI=1S/C17H25NOS/c1-17(2,3)20(19)18-16-14-8-9-15(16)11-13-7-5-4-6-12(13)10-14/h4-7,14-16,18H,8-11H2,1-3H3/t14-,15?,16?,20?/m1/s1. The summed E-state index contributed by atoms with van der Waals surface area (Å²) in [6, 6.07) is 9.26. The average Bonchev–Trinajstić information content (AvgIpc) is 2.64. The Kier molecular flexibility index (Phi) is 3.76. The molecule has 1 saturated carbocycles. The van der Waals surface area contributed by atoms with Crippen molar-refractivity contribution < 1.29 is 4.21 Å². The van der Waals surface area contributed by atoms with Gasteiger partial charge in [0, 0.05) is 6.04 Å². The van der Waals surface area contributed by atoms with Crippen LogP contribution in [0, 0.1) is 11.8 Å². The number of benzene rings is 1. The molecule has 0 heterocycles. The van der Waals surface area contributed by atoms with E-state index in [1.165, 1.54) is 24.0 Å². The molecule has 0 radical (unpaired) electrons. The Hall–Kier alpha value is -0.670. The Morgan fingerprint density at radius 2 is 1.55 bits per heavy atom. The van der Waals surface area contributed by atoms with E-state index in [-0.39, 0.29) is 4.75 Å². The SMILES string of the molecule is CC(C)(C)S(=O)NC1C2CC[C@@H]1Cc1ccccc1C2. The summed E-state index contributed by atoms with van der Waals surface area (Å²) in [5, 5.41) is 0. The van der Waals surface area contributed by atoms with Gasteiger partial charge in [-0.05, 0) is 69.4 Å². The third-order valence-corrected chi connectivity index (χ3v) is 6.40. The molecule has 20 heavy (non-hydrogen) atoms. The van der Waals surface area contributed by atoms with E-state index in [2.05, 4.69) is 29.0 Å². The Bertz CT molecular complexity index is 487. The van der Waals surface area contributed by atoms with Crippen molar-refractivity contribution in [3.63, 3.8) is 0 Å². The third kappa shape index (κ3) is 2.71. The predicted octanol–water partition coefficient (Wildman–Crippen LogP) is 3.23. The molecule has 0 spiro atoms. The lowest BCUT2D eigenvalue weighted by atomic mass is 9.94. The van der Waals surface area contributed by atoms with Crippen LogP contribution in [0.1, 0.15) is 44.7 Å². The van der Waals surface area contributed by atoms with Crippen LogP contribution in [0.25, 0.3) is 0 Å². The first-order valence-corrected chi connectivity index (χ1v) is 8.85. The summed E-state index contributed by atoms with van der Waals surface area (Å²) in [6.45, 7) is 6.14. The van der Waals surface area contributed by atoms with Crippen LogP contribution in [0.2, 0.25) is 0 Å². The summed E-state index contributed by atoms with van der Waals surface area (Å²) >= 11 is 0. The highest BCUT2D eigenvalue weighted by Gasteiger charge is 2.40. The van der Waals surface area contributed by atoms with Crippen LogP contribution in [0.3, 0.4) is 0 Å². The molecule has 2 aliphatic rings. The minimum Gasteiger partial charge on any atom is -0.242 e. The summed E-state index contributed by atoms with van der Waals surface area (Å²) in [6.07, 6.45) is 4.84. The lowest BCUT2D eigenvalue weighted by Crippen LogP contribution is -2.44. The zero-order valence-electron chi connectivity index (χ0n) is 12.7. The van der Waals surface area contributed by atoms with E-state index in [4.69, 9.17) is 0 Å². The molecule has 1 N–H and O–H groups in total. The van der Waals surface area contributed by atoms with E-state index in [0.717, 1.165) is 12.8 Å². The van der Waals surface area contributed by atoms with Gasteiger partial charge >= 0.3 is 0 Å². The lowest BCUT2D eigenvalue weighted by molar-refractivity contribution is 0.391. The highest BCUT2D eigenvalue weighted by atomic mass is 32.2. The van der Waals surface area contributed by atoms with E-state index in [1.807, 2.05) is 20.8 Å². The fourth-order valence-corrected chi connectivity index (χ4v) is 4.63. The maximum absolute atomic E-state index is 12.4. The summed E-state index contributed by atoms with van der Waals surface area (Å²) in [5.74, 6) is 1.30. The first-order chi connectivity index (χ1) is 9.45. The second-order valence-corrected chi connectivity index (χ2v) is 9.30. The lowest BCUT2D eigenvalue weighted by Gasteiger charge is -2.27. The second kappa shape index (κ2) is 5.27. The molecule has 0 aromatic heterocycles. The molecule has 2 aliphatic carbocycles. The van der Waals surface area contributed by atoms with E-state index in [0.29, 0.717) is 17.9 Å². The first-order valence-electron chi connectivity index (χ1n) is 7.70. The highest BCUT2D eigenvalue weighted by molar-refractivity contribution is 7.84. The predicted molar refractivity (Wildman–Crippen MR) is 84.9 cm³/mol. The molecule has 0 aliphatic heterocycles. The van der Waals surface area contributed by atoms with Crippen LogP contribution in [0.15, 0.2) is 24.3 Å². The number of rotatable bonds is 2. The summed E-state index contributed by atoms with van der Waals surface area (Å²) in [7, 11) is -0.959. The van der Waals surface area contributed by atoms with Gasteiger partial charge in [-0.2, -0.15) is 0 Å². The maximum atomic E-state index is 12.4. The summed E-state index contributed by atoms with van der Waals surface area (Å²) in [4.78, 5) is 0. The van der Waals surface area contributed by atoms with Gasteiger partial charge < -0.3 is 0 Å². The van der Waals surface area contributed by atoms with Gasteiger partial charge in [-0.1, -0.05) is 24.3 Å². The number of hydrogen-bond donors (Lipinski definition) is 1. The van der Waals surface area contributed by atoms with Crippen LogP contribution >= 0.6 is 0 Å². The third-order valence-electron chi connectivity index (χ3n) is 4.81. The second-order valence-electron chi connectivity index (χ2n) is 7.30. The van der Waals surface area contributed by atoms with Crippen molar-refractivity contribution in [2.24, 2.45) is 11.8 Å². The number of hydrogen-bond acceptors (Lipinski definition) is 1. The number of nitrogens with one attached hydrogen (secondary N) is 1. The van der Waals surface area contributed by atoms with E-state index < -0.39 is 11.0 Å².